The van der Waals surface area contributed by atoms with Crippen molar-refractivity contribution in [3.8, 4) is 0 Å². The summed E-state index contributed by atoms with van der Waals surface area (Å²) >= 11 is 0. The quantitative estimate of drug-likeness (QED) is 0.758. The molecule has 26 heavy (non-hydrogen) atoms. The summed E-state index contributed by atoms with van der Waals surface area (Å²) in [6.45, 7) is 1.37. The van der Waals surface area contributed by atoms with E-state index in [-0.39, 0.29) is 11.7 Å². The van der Waals surface area contributed by atoms with Gasteiger partial charge < -0.3 is 15.6 Å². The number of hydrogen-bond donors (Lipinski definition) is 2. The molecule has 0 unspecified atom stereocenters. The lowest BCUT2D eigenvalue weighted by Crippen LogP contribution is -2.40. The number of rotatable bonds is 3. The summed E-state index contributed by atoms with van der Waals surface area (Å²) in [6, 6.07) is 6.25. The van der Waals surface area contributed by atoms with E-state index in [1.54, 1.807) is 24.5 Å². The van der Waals surface area contributed by atoms with E-state index < -0.39 is 0 Å². The highest BCUT2D eigenvalue weighted by atomic mass is 19.1. The molecule has 3 N–H and O–H groups in total. The van der Waals surface area contributed by atoms with Gasteiger partial charge in [0, 0.05) is 36.4 Å². The summed E-state index contributed by atoms with van der Waals surface area (Å²) in [5, 5.41) is 0.829. The molecule has 1 saturated heterocycles. The summed E-state index contributed by atoms with van der Waals surface area (Å²) in [5.41, 5.74) is 7.80. The maximum absolute atomic E-state index is 13.4. The van der Waals surface area contributed by atoms with E-state index >= 15 is 0 Å². The van der Waals surface area contributed by atoms with Gasteiger partial charge in [-0.15, -0.1) is 0 Å². The number of nitrogens with zero attached hydrogens (tertiary/aromatic N) is 3. The Bertz CT molecular complexity index is 954. The molecule has 0 spiro atoms. The molecule has 134 valence electrons. The first kappa shape index (κ1) is 16.5. The van der Waals surface area contributed by atoms with E-state index in [2.05, 4.69) is 15.0 Å². The lowest BCUT2D eigenvalue weighted by Gasteiger charge is -2.32. The number of aromatic nitrogens is 3. The van der Waals surface area contributed by atoms with Crippen LogP contribution in [0.5, 0.6) is 0 Å². The molecular weight excluding hydrogens is 333 g/mol. The van der Waals surface area contributed by atoms with E-state index in [0.717, 1.165) is 30.5 Å². The molecule has 3 heterocycles. The number of amides is 1. The van der Waals surface area contributed by atoms with Crippen LogP contribution >= 0.6 is 0 Å². The summed E-state index contributed by atoms with van der Waals surface area (Å²) in [6.07, 6.45) is 5.89. The first-order chi connectivity index (χ1) is 12.6. The summed E-state index contributed by atoms with van der Waals surface area (Å²) < 4.78 is 13.4. The Kier molecular flexibility index (Phi) is 4.28. The SMILES string of the molecule is Nc1nccnc1C[C@@H]1CCCN(C(=O)c2cc3ccc(F)cc3[nH]2)C1. The monoisotopic (exact) mass is 353 g/mol. The second-order valence-electron chi connectivity index (χ2n) is 6.77. The minimum Gasteiger partial charge on any atom is -0.382 e. The highest BCUT2D eigenvalue weighted by Gasteiger charge is 2.26. The Morgan fingerprint density at radius 2 is 2.15 bits per heavy atom. The minimum absolute atomic E-state index is 0.0570. The number of piperidine rings is 1. The van der Waals surface area contributed by atoms with Crippen LogP contribution in [0.3, 0.4) is 0 Å². The first-order valence-electron chi connectivity index (χ1n) is 8.73. The topological polar surface area (TPSA) is 87.9 Å². The Hall–Kier alpha value is -2.96. The number of nitrogens with one attached hydrogen (secondary N) is 1. The van der Waals surface area contributed by atoms with E-state index in [0.29, 0.717) is 35.9 Å². The van der Waals surface area contributed by atoms with Crippen LogP contribution in [0.2, 0.25) is 0 Å². The fourth-order valence-electron chi connectivity index (χ4n) is 3.61. The Balaban J connectivity index is 1.49. The molecule has 1 aliphatic rings. The number of halogens is 1. The van der Waals surface area contributed by atoms with E-state index in [1.807, 2.05) is 4.90 Å². The van der Waals surface area contributed by atoms with Crippen LogP contribution in [0, 0.1) is 11.7 Å². The molecule has 1 amide bonds. The third kappa shape index (κ3) is 3.24. The van der Waals surface area contributed by atoms with Crippen molar-refractivity contribution in [1.82, 2.24) is 19.9 Å². The van der Waals surface area contributed by atoms with Gasteiger partial charge in [0.1, 0.15) is 17.3 Å². The fourth-order valence-corrected chi connectivity index (χ4v) is 3.61. The van der Waals surface area contributed by atoms with Gasteiger partial charge in [0.2, 0.25) is 0 Å². The van der Waals surface area contributed by atoms with Crippen molar-refractivity contribution < 1.29 is 9.18 Å². The van der Waals surface area contributed by atoms with Crippen molar-refractivity contribution in [3.05, 3.63) is 53.9 Å². The zero-order chi connectivity index (χ0) is 18.1. The second-order valence-corrected chi connectivity index (χ2v) is 6.77. The molecule has 7 heteroatoms. The maximum Gasteiger partial charge on any atom is 0.270 e. The van der Waals surface area contributed by atoms with Crippen molar-refractivity contribution in [2.24, 2.45) is 5.92 Å². The van der Waals surface area contributed by atoms with Crippen molar-refractivity contribution in [2.75, 3.05) is 18.8 Å². The third-order valence-corrected chi connectivity index (χ3v) is 4.91. The van der Waals surface area contributed by atoms with Gasteiger partial charge in [0.05, 0.1) is 5.69 Å². The van der Waals surface area contributed by atoms with Crippen LogP contribution in [0.25, 0.3) is 10.9 Å². The average molecular weight is 353 g/mol. The van der Waals surface area contributed by atoms with E-state index in [1.165, 1.54) is 12.1 Å². The van der Waals surface area contributed by atoms with Gasteiger partial charge in [-0.3, -0.25) is 9.78 Å². The Morgan fingerprint density at radius 3 is 3.00 bits per heavy atom. The molecule has 6 nitrogen and oxygen atoms in total. The highest BCUT2D eigenvalue weighted by Crippen LogP contribution is 2.24. The van der Waals surface area contributed by atoms with Gasteiger partial charge >= 0.3 is 0 Å². The number of anilines is 1. The lowest BCUT2D eigenvalue weighted by atomic mass is 9.93. The molecule has 2 aromatic heterocycles. The largest absolute Gasteiger partial charge is 0.382 e. The van der Waals surface area contributed by atoms with Crippen molar-refractivity contribution in [1.29, 1.82) is 0 Å². The molecular formula is C19H20FN5O. The number of carbonyl (C=O) groups excluding carboxylic acids is 1. The van der Waals surface area contributed by atoms with Crippen molar-refractivity contribution in [2.45, 2.75) is 19.3 Å². The van der Waals surface area contributed by atoms with Crippen molar-refractivity contribution in [3.63, 3.8) is 0 Å². The molecule has 1 atom stereocenters. The number of carbonyl (C=O) groups is 1. The second kappa shape index (κ2) is 6.74. The molecule has 0 bridgehead atoms. The number of benzene rings is 1. The van der Waals surface area contributed by atoms with Crippen LogP contribution < -0.4 is 5.73 Å². The van der Waals surface area contributed by atoms with Gasteiger partial charge in [-0.2, -0.15) is 0 Å². The molecule has 0 saturated carbocycles. The Labute approximate surface area is 150 Å². The van der Waals surface area contributed by atoms with Crippen LogP contribution in [-0.2, 0) is 6.42 Å². The minimum atomic E-state index is -0.321. The number of nitrogens with two attached hydrogens (primary N) is 1. The number of likely N-dealkylation sites (tertiary alicyclic amines) is 1. The number of nitrogen functional groups attached to an aromatic ring is 1. The summed E-state index contributed by atoms with van der Waals surface area (Å²) in [7, 11) is 0. The van der Waals surface area contributed by atoms with Crippen molar-refractivity contribution >= 4 is 22.6 Å². The molecule has 0 radical (unpaired) electrons. The summed E-state index contributed by atoms with van der Waals surface area (Å²) in [5.74, 6) is 0.374. The van der Waals surface area contributed by atoms with Crippen LogP contribution in [0.1, 0.15) is 29.0 Å². The van der Waals surface area contributed by atoms with Crippen LogP contribution in [-0.4, -0.2) is 38.8 Å². The Morgan fingerprint density at radius 1 is 1.31 bits per heavy atom. The van der Waals surface area contributed by atoms with Gasteiger partial charge in [-0.1, -0.05) is 0 Å². The van der Waals surface area contributed by atoms with E-state index in [4.69, 9.17) is 5.73 Å². The van der Waals surface area contributed by atoms with E-state index in [9.17, 15) is 9.18 Å². The predicted molar refractivity (Wildman–Crippen MR) is 97.0 cm³/mol. The fraction of sp³-hybridized carbons (Fsp3) is 0.316. The summed E-state index contributed by atoms with van der Waals surface area (Å²) in [4.78, 5) is 26.1. The molecule has 0 aliphatic carbocycles. The molecule has 1 aromatic carbocycles. The zero-order valence-electron chi connectivity index (χ0n) is 14.3. The van der Waals surface area contributed by atoms with Gasteiger partial charge in [0.15, 0.2) is 0 Å². The van der Waals surface area contributed by atoms with Gasteiger partial charge in [-0.25, -0.2) is 9.37 Å². The number of hydrogen-bond acceptors (Lipinski definition) is 4. The van der Waals surface area contributed by atoms with Gasteiger partial charge in [0.25, 0.3) is 5.91 Å². The lowest BCUT2D eigenvalue weighted by molar-refractivity contribution is 0.0668. The van der Waals surface area contributed by atoms with Gasteiger partial charge in [-0.05, 0) is 49.4 Å². The number of H-pyrrole nitrogens is 1. The standard InChI is InChI=1S/C19H20FN5O/c20-14-4-3-13-9-17(24-15(13)10-14)19(26)25-7-1-2-12(11-25)8-16-18(21)23-6-5-22-16/h3-6,9-10,12,24H,1-2,7-8,11H2,(H2,21,23)/t12-/m0/s1. The molecule has 1 aliphatic heterocycles. The normalized spacial score (nSPS) is 17.6. The molecule has 3 aromatic rings. The maximum atomic E-state index is 13.4. The molecule has 1 fully saturated rings. The zero-order valence-corrected chi connectivity index (χ0v) is 14.3. The third-order valence-electron chi connectivity index (χ3n) is 4.91. The van der Waals surface area contributed by atoms with Crippen LogP contribution in [0.4, 0.5) is 10.2 Å². The predicted octanol–water partition coefficient (Wildman–Crippen LogP) is 2.77. The average Bonchev–Trinajstić information content (AvgIpc) is 3.06. The van der Waals surface area contributed by atoms with Crippen LogP contribution in [0.15, 0.2) is 36.7 Å². The molecule has 4 rings (SSSR count). The number of fused-ring (bicyclic) bond motifs is 1. The first-order valence-corrected chi connectivity index (χ1v) is 8.73. The number of aromatic amines is 1. The smallest absolute Gasteiger partial charge is 0.270 e. The highest BCUT2D eigenvalue weighted by molar-refractivity contribution is 5.98.